The molecule has 0 aliphatic rings. The minimum absolute atomic E-state index is 0.174. The van der Waals surface area contributed by atoms with Gasteiger partial charge in [0.05, 0.1) is 22.8 Å². The minimum Gasteiger partial charge on any atom is -0.340 e. The number of fused-ring (bicyclic) bond motifs is 1. The molecule has 3 N–H and O–H groups in total. The molecule has 0 aliphatic heterocycles. The van der Waals surface area contributed by atoms with Crippen LogP contribution in [0.4, 0.5) is 0 Å². The predicted molar refractivity (Wildman–Crippen MR) is 87.0 cm³/mol. The van der Waals surface area contributed by atoms with Gasteiger partial charge in [-0.2, -0.15) is 15.4 Å². The number of nitrogens with zero attached hydrogens (tertiary/aromatic N) is 3. The largest absolute Gasteiger partial charge is 0.340 e. The second-order valence-corrected chi connectivity index (χ2v) is 6.10. The van der Waals surface area contributed by atoms with Crippen LogP contribution in [0.15, 0.2) is 18.2 Å². The lowest BCUT2D eigenvalue weighted by Crippen LogP contribution is -2.33. The molecule has 2 heterocycles. The van der Waals surface area contributed by atoms with Crippen LogP contribution in [0.3, 0.4) is 0 Å². The van der Waals surface area contributed by atoms with Crippen molar-refractivity contribution in [3.63, 3.8) is 0 Å². The van der Waals surface area contributed by atoms with E-state index >= 15 is 0 Å². The van der Waals surface area contributed by atoms with Gasteiger partial charge in [-0.3, -0.25) is 4.79 Å². The average Bonchev–Trinajstić information content (AvgIpc) is 3.09. The first kappa shape index (κ1) is 15.2. The van der Waals surface area contributed by atoms with E-state index in [2.05, 4.69) is 30.7 Å². The van der Waals surface area contributed by atoms with Crippen molar-refractivity contribution in [2.24, 2.45) is 5.92 Å². The molecule has 0 radical (unpaired) electrons. The third-order valence-electron chi connectivity index (χ3n) is 3.84. The zero-order valence-electron chi connectivity index (χ0n) is 13.6. The van der Waals surface area contributed by atoms with Crippen LogP contribution in [0.2, 0.25) is 0 Å². The van der Waals surface area contributed by atoms with Gasteiger partial charge in [0.2, 0.25) is 0 Å². The Kier molecular flexibility index (Phi) is 3.85. The first-order valence-corrected chi connectivity index (χ1v) is 7.60. The van der Waals surface area contributed by atoms with Crippen LogP contribution in [0, 0.1) is 19.8 Å². The highest BCUT2D eigenvalue weighted by molar-refractivity contribution is 5.93. The Morgan fingerprint density at radius 3 is 2.65 bits per heavy atom. The molecule has 120 valence electrons. The van der Waals surface area contributed by atoms with Gasteiger partial charge in [-0.05, 0) is 37.5 Å². The number of aryl methyl sites for hydroxylation is 2. The summed E-state index contributed by atoms with van der Waals surface area (Å²) < 4.78 is 0. The first-order chi connectivity index (χ1) is 11.0. The van der Waals surface area contributed by atoms with Gasteiger partial charge in [0.25, 0.3) is 5.91 Å². The number of hydrogen-bond donors (Lipinski definition) is 3. The Labute approximate surface area is 133 Å². The summed E-state index contributed by atoms with van der Waals surface area (Å²) in [5, 5.41) is 13.2. The normalized spacial score (nSPS) is 12.7. The quantitative estimate of drug-likeness (QED) is 0.689. The summed E-state index contributed by atoms with van der Waals surface area (Å²) in [5.74, 6) is 0.662. The molecule has 0 spiro atoms. The summed E-state index contributed by atoms with van der Waals surface area (Å²) in [5.41, 5.74) is 3.91. The topological polar surface area (TPSA) is 99.3 Å². The molecule has 0 fully saturated rings. The van der Waals surface area contributed by atoms with Gasteiger partial charge in [-0.15, -0.1) is 0 Å². The SMILES string of the molecule is Cc1ccc2nc([C@@H](NC(=O)c3n[nH]nc3C)C(C)C)[nH]c2c1. The van der Waals surface area contributed by atoms with E-state index in [0.717, 1.165) is 22.4 Å². The second kappa shape index (κ2) is 5.83. The number of nitrogens with one attached hydrogen (secondary N) is 3. The number of imidazole rings is 1. The summed E-state index contributed by atoms with van der Waals surface area (Å²) >= 11 is 0. The summed E-state index contributed by atoms with van der Waals surface area (Å²) in [6.07, 6.45) is 0. The number of carbonyl (C=O) groups excluding carboxylic acids is 1. The number of H-pyrrole nitrogens is 2. The zero-order chi connectivity index (χ0) is 16.6. The van der Waals surface area contributed by atoms with E-state index in [1.807, 2.05) is 39.0 Å². The third-order valence-corrected chi connectivity index (χ3v) is 3.84. The van der Waals surface area contributed by atoms with Gasteiger partial charge in [0.15, 0.2) is 5.69 Å². The molecule has 1 atom stereocenters. The van der Waals surface area contributed by atoms with E-state index in [0.29, 0.717) is 11.4 Å². The molecule has 0 unspecified atom stereocenters. The lowest BCUT2D eigenvalue weighted by molar-refractivity contribution is 0.0917. The lowest BCUT2D eigenvalue weighted by Gasteiger charge is -2.19. The molecule has 0 bridgehead atoms. The Hall–Kier alpha value is -2.70. The van der Waals surface area contributed by atoms with Crippen LogP contribution >= 0.6 is 0 Å². The summed E-state index contributed by atoms with van der Waals surface area (Å²) in [6, 6.07) is 5.82. The van der Waals surface area contributed by atoms with Gasteiger partial charge >= 0.3 is 0 Å². The highest BCUT2D eigenvalue weighted by atomic mass is 16.2. The Morgan fingerprint density at radius 2 is 2.00 bits per heavy atom. The van der Waals surface area contributed by atoms with Crippen molar-refractivity contribution in [2.75, 3.05) is 0 Å². The molecule has 3 aromatic rings. The minimum atomic E-state index is -0.258. The fourth-order valence-corrected chi connectivity index (χ4v) is 2.55. The molecule has 0 saturated carbocycles. The van der Waals surface area contributed by atoms with E-state index in [4.69, 9.17) is 0 Å². The van der Waals surface area contributed by atoms with Crippen molar-refractivity contribution < 1.29 is 4.79 Å². The number of carbonyl (C=O) groups is 1. The smallest absolute Gasteiger partial charge is 0.274 e. The highest BCUT2D eigenvalue weighted by Crippen LogP contribution is 2.23. The van der Waals surface area contributed by atoms with Crippen molar-refractivity contribution in [2.45, 2.75) is 33.7 Å². The average molecular weight is 312 g/mol. The van der Waals surface area contributed by atoms with Crippen LogP contribution in [-0.4, -0.2) is 31.3 Å². The van der Waals surface area contributed by atoms with Gasteiger partial charge in [0.1, 0.15) is 5.82 Å². The molecule has 7 heteroatoms. The number of rotatable bonds is 4. The number of amides is 1. The number of benzene rings is 1. The van der Waals surface area contributed by atoms with Gasteiger partial charge in [0, 0.05) is 0 Å². The second-order valence-electron chi connectivity index (χ2n) is 6.10. The van der Waals surface area contributed by atoms with E-state index in [1.165, 1.54) is 0 Å². The standard InChI is InChI=1S/C16H20N6O/c1-8(2)13(19-16(23)14-10(4)20-22-21-14)15-17-11-6-5-9(3)7-12(11)18-15/h5-8,13H,1-4H3,(H,17,18)(H,19,23)(H,20,21,22)/t13-/m0/s1. The Bertz CT molecular complexity index is 847. The van der Waals surface area contributed by atoms with Crippen molar-refractivity contribution in [1.82, 2.24) is 30.7 Å². The van der Waals surface area contributed by atoms with Gasteiger partial charge in [-0.25, -0.2) is 4.98 Å². The molecular formula is C16H20N6O. The van der Waals surface area contributed by atoms with E-state index in [9.17, 15) is 4.79 Å². The number of aromatic nitrogens is 5. The van der Waals surface area contributed by atoms with Crippen LogP contribution in [0.1, 0.15) is 47.5 Å². The Morgan fingerprint density at radius 1 is 1.22 bits per heavy atom. The Balaban J connectivity index is 1.91. The maximum absolute atomic E-state index is 12.4. The van der Waals surface area contributed by atoms with Crippen LogP contribution in [-0.2, 0) is 0 Å². The lowest BCUT2D eigenvalue weighted by atomic mass is 10.0. The molecule has 2 aromatic heterocycles. The molecule has 1 amide bonds. The maximum atomic E-state index is 12.4. The summed E-state index contributed by atoms with van der Waals surface area (Å²) in [4.78, 5) is 20.3. The fraction of sp³-hybridized carbons (Fsp3) is 0.375. The fourth-order valence-electron chi connectivity index (χ4n) is 2.55. The summed E-state index contributed by atoms with van der Waals surface area (Å²) in [7, 11) is 0. The van der Waals surface area contributed by atoms with Crippen LogP contribution in [0.5, 0.6) is 0 Å². The molecule has 3 rings (SSSR count). The molecule has 0 aliphatic carbocycles. The van der Waals surface area contributed by atoms with E-state index in [1.54, 1.807) is 6.92 Å². The molecule has 1 aromatic carbocycles. The molecular weight excluding hydrogens is 292 g/mol. The van der Waals surface area contributed by atoms with Gasteiger partial charge < -0.3 is 10.3 Å². The van der Waals surface area contributed by atoms with Crippen molar-refractivity contribution >= 4 is 16.9 Å². The van der Waals surface area contributed by atoms with Crippen LogP contribution < -0.4 is 5.32 Å². The van der Waals surface area contributed by atoms with Crippen molar-refractivity contribution in [3.05, 3.63) is 41.0 Å². The molecule has 7 nitrogen and oxygen atoms in total. The van der Waals surface area contributed by atoms with Gasteiger partial charge in [-0.1, -0.05) is 19.9 Å². The van der Waals surface area contributed by atoms with Crippen molar-refractivity contribution in [3.8, 4) is 0 Å². The van der Waals surface area contributed by atoms with E-state index in [-0.39, 0.29) is 17.9 Å². The predicted octanol–water partition coefficient (Wildman–Crippen LogP) is 2.42. The van der Waals surface area contributed by atoms with Crippen LogP contribution in [0.25, 0.3) is 11.0 Å². The summed E-state index contributed by atoms with van der Waals surface area (Å²) in [6.45, 7) is 7.86. The zero-order valence-corrected chi connectivity index (χ0v) is 13.6. The maximum Gasteiger partial charge on any atom is 0.274 e. The molecule has 23 heavy (non-hydrogen) atoms. The third kappa shape index (κ3) is 2.94. The van der Waals surface area contributed by atoms with E-state index < -0.39 is 0 Å². The molecule has 0 saturated heterocycles. The highest BCUT2D eigenvalue weighted by Gasteiger charge is 2.24. The number of hydrogen-bond acceptors (Lipinski definition) is 4. The monoisotopic (exact) mass is 312 g/mol. The number of aromatic amines is 2. The van der Waals surface area contributed by atoms with Crippen molar-refractivity contribution in [1.29, 1.82) is 0 Å². The first-order valence-electron chi connectivity index (χ1n) is 7.60.